The predicted molar refractivity (Wildman–Crippen MR) is 70.8 cm³/mol. The van der Waals surface area contributed by atoms with Crippen LogP contribution in [0.25, 0.3) is 0 Å². The first-order valence-corrected chi connectivity index (χ1v) is 6.21. The summed E-state index contributed by atoms with van der Waals surface area (Å²) in [4.78, 5) is 12.9. The monoisotopic (exact) mass is 263 g/mol. The molecule has 0 aliphatic carbocycles. The molecule has 94 valence electrons. The maximum Gasteiger partial charge on any atom is 0.342 e. The number of carbonyl (C=O) groups excluding carboxylic acids is 1. The lowest BCUT2D eigenvalue weighted by Crippen LogP contribution is -2.07. The third-order valence-corrected chi connectivity index (χ3v) is 3.22. The number of esters is 1. The fourth-order valence-electron chi connectivity index (χ4n) is 1.49. The van der Waals surface area contributed by atoms with Gasteiger partial charge in [0.2, 0.25) is 0 Å². The van der Waals surface area contributed by atoms with Crippen LogP contribution in [0.4, 0.5) is 5.69 Å². The van der Waals surface area contributed by atoms with Gasteiger partial charge in [0.25, 0.3) is 0 Å². The van der Waals surface area contributed by atoms with E-state index in [0.29, 0.717) is 17.0 Å². The second-order valence-corrected chi connectivity index (χ2v) is 4.65. The van der Waals surface area contributed by atoms with Gasteiger partial charge >= 0.3 is 5.97 Å². The quantitative estimate of drug-likeness (QED) is 0.680. The largest absolute Gasteiger partial charge is 0.496 e. The lowest BCUT2D eigenvalue weighted by Gasteiger charge is -2.08. The summed E-state index contributed by atoms with van der Waals surface area (Å²) in [6.07, 6.45) is 0. The molecule has 0 radical (unpaired) electrons. The first-order valence-electron chi connectivity index (χ1n) is 5.33. The lowest BCUT2D eigenvalue weighted by atomic mass is 10.2. The van der Waals surface area contributed by atoms with Crippen molar-refractivity contribution in [1.82, 2.24) is 0 Å². The van der Waals surface area contributed by atoms with Gasteiger partial charge in [-0.05, 0) is 29.6 Å². The standard InChI is InChI=1S/C13H13NO3S/c1-16-12-5-4-9(14)7-11(12)13(15)17-8-10-3-2-6-18-10/h2-7H,8,14H2,1H3. The molecular weight excluding hydrogens is 250 g/mol. The highest BCUT2D eigenvalue weighted by molar-refractivity contribution is 7.09. The molecule has 0 spiro atoms. The molecule has 1 heterocycles. The van der Waals surface area contributed by atoms with Gasteiger partial charge in [-0.2, -0.15) is 0 Å². The fourth-order valence-corrected chi connectivity index (χ4v) is 2.11. The second kappa shape index (κ2) is 5.55. The number of ether oxygens (including phenoxy) is 2. The van der Waals surface area contributed by atoms with Crippen molar-refractivity contribution in [2.75, 3.05) is 12.8 Å². The number of thiophene rings is 1. The Kier molecular flexibility index (Phi) is 3.84. The number of benzene rings is 1. The van der Waals surface area contributed by atoms with Crippen LogP contribution in [0, 0.1) is 0 Å². The highest BCUT2D eigenvalue weighted by atomic mass is 32.1. The van der Waals surface area contributed by atoms with Gasteiger partial charge in [-0.3, -0.25) is 0 Å². The minimum atomic E-state index is -0.437. The third kappa shape index (κ3) is 2.81. The van der Waals surface area contributed by atoms with Crippen molar-refractivity contribution in [2.45, 2.75) is 6.61 Å². The number of nitrogen functional groups attached to an aromatic ring is 1. The van der Waals surface area contributed by atoms with Gasteiger partial charge in [-0.1, -0.05) is 6.07 Å². The van der Waals surface area contributed by atoms with Crippen LogP contribution in [0.3, 0.4) is 0 Å². The van der Waals surface area contributed by atoms with Crippen LogP contribution in [0.1, 0.15) is 15.2 Å². The second-order valence-electron chi connectivity index (χ2n) is 3.62. The summed E-state index contributed by atoms with van der Waals surface area (Å²) in [5.74, 6) is 0.0212. The number of hydrogen-bond acceptors (Lipinski definition) is 5. The fraction of sp³-hybridized carbons (Fsp3) is 0.154. The van der Waals surface area contributed by atoms with Crippen molar-refractivity contribution >= 4 is 23.0 Å². The molecule has 4 nitrogen and oxygen atoms in total. The Balaban J connectivity index is 2.10. The Labute approximate surface area is 109 Å². The molecule has 0 aliphatic heterocycles. The van der Waals surface area contributed by atoms with Crippen molar-refractivity contribution in [3.63, 3.8) is 0 Å². The minimum Gasteiger partial charge on any atom is -0.496 e. The Morgan fingerprint density at radius 2 is 2.22 bits per heavy atom. The molecule has 0 saturated carbocycles. The lowest BCUT2D eigenvalue weighted by molar-refractivity contribution is 0.0473. The number of carbonyl (C=O) groups is 1. The molecule has 0 bridgehead atoms. The van der Waals surface area contributed by atoms with E-state index in [1.54, 1.807) is 29.5 Å². The van der Waals surface area contributed by atoms with E-state index in [4.69, 9.17) is 15.2 Å². The van der Waals surface area contributed by atoms with Crippen molar-refractivity contribution in [2.24, 2.45) is 0 Å². The van der Waals surface area contributed by atoms with Gasteiger partial charge in [-0.15, -0.1) is 11.3 Å². The molecule has 0 saturated heterocycles. The average Bonchev–Trinajstić information content (AvgIpc) is 2.89. The van der Waals surface area contributed by atoms with Crippen LogP contribution in [0.15, 0.2) is 35.7 Å². The molecule has 5 heteroatoms. The van der Waals surface area contributed by atoms with Gasteiger partial charge in [0.15, 0.2) is 0 Å². The molecule has 0 aliphatic rings. The van der Waals surface area contributed by atoms with E-state index in [9.17, 15) is 4.79 Å². The summed E-state index contributed by atoms with van der Waals surface area (Å²) in [7, 11) is 1.50. The number of anilines is 1. The maximum absolute atomic E-state index is 11.9. The molecule has 0 atom stereocenters. The van der Waals surface area contributed by atoms with Gasteiger partial charge in [0.05, 0.1) is 7.11 Å². The normalized spacial score (nSPS) is 10.1. The molecule has 2 rings (SSSR count). The van der Waals surface area contributed by atoms with Crippen molar-refractivity contribution < 1.29 is 14.3 Å². The van der Waals surface area contributed by atoms with E-state index in [1.165, 1.54) is 7.11 Å². The van der Waals surface area contributed by atoms with E-state index in [-0.39, 0.29) is 6.61 Å². The first kappa shape index (κ1) is 12.4. The molecule has 2 aromatic rings. The summed E-state index contributed by atoms with van der Waals surface area (Å²) in [5, 5.41) is 1.93. The summed E-state index contributed by atoms with van der Waals surface area (Å²) in [5.41, 5.74) is 6.49. The molecule has 0 unspecified atom stereocenters. The maximum atomic E-state index is 11.9. The van der Waals surface area contributed by atoms with E-state index in [0.717, 1.165) is 4.88 Å². The molecule has 2 N–H and O–H groups in total. The Morgan fingerprint density at radius 3 is 2.89 bits per heavy atom. The SMILES string of the molecule is COc1ccc(N)cc1C(=O)OCc1cccs1. The minimum absolute atomic E-state index is 0.258. The summed E-state index contributed by atoms with van der Waals surface area (Å²) in [6, 6.07) is 8.70. The van der Waals surface area contributed by atoms with E-state index in [2.05, 4.69) is 0 Å². The average molecular weight is 263 g/mol. The Bertz CT molecular complexity index is 537. The highest BCUT2D eigenvalue weighted by Crippen LogP contribution is 2.22. The highest BCUT2D eigenvalue weighted by Gasteiger charge is 2.14. The zero-order chi connectivity index (χ0) is 13.0. The zero-order valence-electron chi connectivity index (χ0n) is 9.88. The number of nitrogens with two attached hydrogens (primary N) is 1. The molecule has 0 amide bonds. The summed E-state index contributed by atoms with van der Waals surface area (Å²) < 4.78 is 10.3. The van der Waals surface area contributed by atoms with Gasteiger partial charge < -0.3 is 15.2 Å². The first-order chi connectivity index (χ1) is 8.70. The molecular formula is C13H13NO3S. The zero-order valence-corrected chi connectivity index (χ0v) is 10.7. The number of rotatable bonds is 4. The molecule has 1 aromatic carbocycles. The summed E-state index contributed by atoms with van der Waals surface area (Å²) >= 11 is 1.54. The van der Waals surface area contributed by atoms with Crippen LogP contribution in [0.2, 0.25) is 0 Å². The van der Waals surface area contributed by atoms with E-state index >= 15 is 0 Å². The number of hydrogen-bond donors (Lipinski definition) is 1. The van der Waals surface area contributed by atoms with Gasteiger partial charge in [0, 0.05) is 10.6 Å². The van der Waals surface area contributed by atoms with Crippen molar-refractivity contribution in [1.29, 1.82) is 0 Å². The number of methoxy groups -OCH3 is 1. The van der Waals surface area contributed by atoms with Crippen LogP contribution in [0.5, 0.6) is 5.75 Å². The van der Waals surface area contributed by atoms with Gasteiger partial charge in [-0.25, -0.2) is 4.79 Å². The van der Waals surface area contributed by atoms with Crippen molar-refractivity contribution in [3.05, 3.63) is 46.2 Å². The van der Waals surface area contributed by atoms with Crippen molar-refractivity contribution in [3.8, 4) is 5.75 Å². The molecule has 0 fully saturated rings. The smallest absolute Gasteiger partial charge is 0.342 e. The van der Waals surface area contributed by atoms with Crippen LogP contribution >= 0.6 is 11.3 Å². The van der Waals surface area contributed by atoms with Gasteiger partial charge in [0.1, 0.15) is 17.9 Å². The van der Waals surface area contributed by atoms with E-state index in [1.807, 2.05) is 17.5 Å². The molecule has 18 heavy (non-hydrogen) atoms. The topological polar surface area (TPSA) is 61.5 Å². The van der Waals surface area contributed by atoms with Crippen LogP contribution in [-0.2, 0) is 11.3 Å². The Morgan fingerprint density at radius 1 is 1.39 bits per heavy atom. The summed E-state index contributed by atoms with van der Waals surface area (Å²) in [6.45, 7) is 0.258. The van der Waals surface area contributed by atoms with Crippen LogP contribution in [-0.4, -0.2) is 13.1 Å². The molecule has 1 aromatic heterocycles. The third-order valence-electron chi connectivity index (χ3n) is 2.37. The van der Waals surface area contributed by atoms with E-state index < -0.39 is 5.97 Å². The van der Waals surface area contributed by atoms with Crippen LogP contribution < -0.4 is 10.5 Å². The predicted octanol–water partition coefficient (Wildman–Crippen LogP) is 2.70. The Hall–Kier alpha value is -2.01.